The summed E-state index contributed by atoms with van der Waals surface area (Å²) in [6.07, 6.45) is 0. The van der Waals surface area contributed by atoms with Crippen LogP contribution in [0.3, 0.4) is 0 Å². The summed E-state index contributed by atoms with van der Waals surface area (Å²) in [6.45, 7) is 0. The van der Waals surface area contributed by atoms with Crippen LogP contribution in [0.5, 0.6) is 0 Å². The lowest BCUT2D eigenvalue weighted by Crippen LogP contribution is -2.06. The van der Waals surface area contributed by atoms with Gasteiger partial charge >= 0.3 is 0 Å². The van der Waals surface area contributed by atoms with Crippen LogP contribution in [0, 0.1) is 0 Å². The minimum Gasteiger partial charge on any atom is -0.309 e. The lowest BCUT2D eigenvalue weighted by atomic mass is 9.92. The molecule has 0 saturated carbocycles. The van der Waals surface area contributed by atoms with Crippen molar-refractivity contribution in [3.63, 3.8) is 0 Å². The van der Waals surface area contributed by atoms with Crippen molar-refractivity contribution in [1.29, 1.82) is 0 Å². The van der Waals surface area contributed by atoms with Crippen molar-refractivity contribution in [2.75, 3.05) is 0 Å². The highest BCUT2D eigenvalue weighted by atomic mass is 15.2. The van der Waals surface area contributed by atoms with E-state index in [-0.39, 0.29) is 0 Å². The van der Waals surface area contributed by atoms with Crippen molar-refractivity contribution >= 4 is 184 Å². The Morgan fingerprint density at radius 1 is 0.101 bits per heavy atom. The molecule has 0 aliphatic carbocycles. The summed E-state index contributed by atoms with van der Waals surface area (Å²) >= 11 is 0. The van der Waals surface area contributed by atoms with Gasteiger partial charge in [0.25, 0.3) is 0 Å². The molecule has 0 aliphatic rings. The Bertz CT molecular complexity index is 10600. The summed E-state index contributed by atoms with van der Waals surface area (Å²) in [5.41, 5.74) is 24.0. The van der Waals surface area contributed by atoms with E-state index in [9.17, 15) is 0 Å². The Morgan fingerprint density at radius 3 is 0.568 bits per heavy atom. The predicted octanol–water partition coefficient (Wildman–Crippen LogP) is 35.8. The third-order valence-electron chi connectivity index (χ3n) is 30.5. The number of aromatic nitrogens is 10. The highest BCUT2D eigenvalue weighted by Gasteiger charge is 2.27. The number of hydrogen-bond donors (Lipinski definition) is 0. The van der Waals surface area contributed by atoms with E-state index in [4.69, 9.17) is 29.9 Å². The molecule has 0 N–H and O–H groups in total. The van der Waals surface area contributed by atoms with Crippen molar-refractivity contribution in [1.82, 2.24) is 48.2 Å². The summed E-state index contributed by atoms with van der Waals surface area (Å²) in [6, 6.07) is 184. The van der Waals surface area contributed by atoms with E-state index in [1.165, 1.54) is 135 Å². The van der Waals surface area contributed by atoms with Gasteiger partial charge in [-0.2, -0.15) is 19.9 Å². The molecule has 0 spiro atoms. The average Bonchev–Trinajstić information content (AvgIpc) is 1.35. The van der Waals surface area contributed by atoms with Crippen molar-refractivity contribution in [3.05, 3.63) is 510 Å². The van der Waals surface area contributed by atoms with Crippen molar-refractivity contribution in [3.8, 4) is 113 Å². The average molecular weight is 1880 g/mol. The van der Waals surface area contributed by atoms with Crippen LogP contribution < -0.4 is 0 Å². The smallest absolute Gasteiger partial charge is 0.238 e. The second kappa shape index (κ2) is 33.9. The van der Waals surface area contributed by atoms with Gasteiger partial charge in [-0.05, 0) is 269 Å². The molecule has 0 radical (unpaired) electrons. The molecular weight excluding hydrogens is 1800 g/mol. The highest BCUT2D eigenvalue weighted by Crippen LogP contribution is 2.48. The molecule has 10 heteroatoms. The van der Waals surface area contributed by atoms with Crippen LogP contribution in [0.25, 0.3) is 298 Å². The molecule has 31 rings (SSSR count). The molecule has 31 aromatic rings. The van der Waals surface area contributed by atoms with Crippen LogP contribution in [0.1, 0.15) is 0 Å². The molecule has 6 aromatic heterocycles. The minimum atomic E-state index is 0.561. The van der Waals surface area contributed by atoms with Crippen molar-refractivity contribution < 1.29 is 0 Å². The topological polar surface area (TPSA) is 97.1 Å². The minimum absolute atomic E-state index is 0.561. The van der Waals surface area contributed by atoms with E-state index in [0.717, 1.165) is 127 Å². The van der Waals surface area contributed by atoms with Gasteiger partial charge < -0.3 is 9.13 Å². The maximum atomic E-state index is 5.48. The predicted molar refractivity (Wildman–Crippen MR) is 618 cm³/mol. The third kappa shape index (κ3) is 13.6. The largest absolute Gasteiger partial charge is 0.309 e. The zero-order valence-corrected chi connectivity index (χ0v) is 80.0. The molecule has 6 heterocycles. The van der Waals surface area contributed by atoms with Gasteiger partial charge in [-0.1, -0.05) is 382 Å². The molecule has 0 amide bonds. The van der Waals surface area contributed by atoms with Gasteiger partial charge in [0.1, 0.15) is 0 Å². The number of para-hydroxylation sites is 4. The summed E-state index contributed by atoms with van der Waals surface area (Å²) < 4.78 is 9.21. The first-order valence-electron chi connectivity index (χ1n) is 50.4. The molecule has 10 nitrogen and oxygen atoms in total. The lowest BCUT2D eigenvalue weighted by molar-refractivity contribution is 0.953. The molecule has 0 fully saturated rings. The van der Waals surface area contributed by atoms with Crippen LogP contribution in [0.4, 0.5) is 0 Å². The van der Waals surface area contributed by atoms with Gasteiger partial charge in [0.05, 0.1) is 44.1 Å². The summed E-state index contributed by atoms with van der Waals surface area (Å²) in [4.78, 5) is 32.0. The second-order valence-corrected chi connectivity index (χ2v) is 38.7. The molecular formula is C138H84N10. The summed E-state index contributed by atoms with van der Waals surface area (Å²) in [5.74, 6) is 3.58. The van der Waals surface area contributed by atoms with E-state index in [2.05, 4.69) is 491 Å². The number of benzene rings is 25. The number of hydrogen-bond acceptors (Lipinski definition) is 6. The molecule has 0 aliphatic heterocycles. The maximum absolute atomic E-state index is 5.48. The first-order valence-corrected chi connectivity index (χ1v) is 50.4. The van der Waals surface area contributed by atoms with Crippen molar-refractivity contribution in [2.24, 2.45) is 0 Å². The van der Waals surface area contributed by atoms with E-state index >= 15 is 0 Å². The third-order valence-corrected chi connectivity index (χ3v) is 30.5. The fourth-order valence-corrected chi connectivity index (χ4v) is 23.6. The quantitative estimate of drug-likeness (QED) is 0.113. The second-order valence-electron chi connectivity index (χ2n) is 38.7. The molecule has 0 bridgehead atoms. The SMILES string of the molecule is c1ccc(-c2ccc3c(c2)c2cc(-c4ccc5c(c4)c4cc(-c6ccc7c8ccccc8c8ccccc8c7c6)ccc4n5-c4nc(-c5ccccc5)nc(-c5ccccc5)n4)ccc2n3-c2ccccc2)cc1.c1ccc(-n2c3ccccc3c3cc(-c4ccc5c(c4)c4ccccc4n5-c4nc(-c5ccc6c7ccccc7c7ccccc7c6c5)nc(-c5ccc6c7ccccc7c7ccccc7c6c5)n4)ccc32)cc1. The van der Waals surface area contributed by atoms with Crippen LogP contribution in [0.2, 0.25) is 0 Å². The normalized spacial score (nSPS) is 11.9. The number of fused-ring (bicyclic) bond motifs is 30. The van der Waals surface area contributed by atoms with Gasteiger partial charge in [-0.15, -0.1) is 0 Å². The highest BCUT2D eigenvalue weighted by molar-refractivity contribution is 6.29. The van der Waals surface area contributed by atoms with Gasteiger partial charge in [-0.3, -0.25) is 9.13 Å². The van der Waals surface area contributed by atoms with Crippen molar-refractivity contribution in [2.45, 2.75) is 0 Å². The Balaban J connectivity index is 0.000000137. The number of rotatable bonds is 12. The van der Waals surface area contributed by atoms with Gasteiger partial charge in [0, 0.05) is 76.7 Å². The fraction of sp³-hybridized carbons (Fsp3) is 0. The summed E-state index contributed by atoms with van der Waals surface area (Å²) in [7, 11) is 0. The Labute approximate surface area is 849 Å². The van der Waals surface area contributed by atoms with Crippen LogP contribution in [-0.4, -0.2) is 48.2 Å². The summed E-state index contributed by atoms with van der Waals surface area (Å²) in [5, 5.41) is 31.4. The number of nitrogens with zero attached hydrogens (tertiary/aromatic N) is 10. The molecule has 0 saturated heterocycles. The van der Waals surface area contributed by atoms with Gasteiger partial charge in [-0.25, -0.2) is 9.97 Å². The lowest BCUT2D eigenvalue weighted by Gasteiger charge is -2.14. The Hall–Kier alpha value is -19.9. The van der Waals surface area contributed by atoms with Crippen LogP contribution in [0.15, 0.2) is 510 Å². The first kappa shape index (κ1) is 83.8. The molecule has 0 unspecified atom stereocenters. The Kier molecular flexibility index (Phi) is 19.2. The monoisotopic (exact) mass is 1880 g/mol. The first-order chi connectivity index (χ1) is 73.4. The van der Waals surface area contributed by atoms with Crippen LogP contribution >= 0.6 is 0 Å². The standard InChI is InChI=1S/C69H41N5.C69H43N5/c1-2-16-46(17-3-1)73-63-28-14-12-26-57(63)61-38-42(32-36-65(61)73)43-33-37-66-62(39-43)58-27-13-15-29-64(58)74(66)69-71-67(44-30-34-55-51-22-6-4-18-47(51)49-20-8-10-24-53(49)59(55)40-44)70-68(72-69)45-31-35-56-52-23-7-5-19-48(52)50-21-9-11-25-54(50)60(56)41-45;1-5-17-44(18-6-1)47-30-35-63-59(40-47)60-41-50(31-36-64(60)73(63)52-23-11-4-12-24-52)51-33-38-66-62(43-51)61-42-49(48-29-34-57-55-27-14-13-25-53(55)54-26-15-16-28-56(54)58(57)39-48)32-37-65(61)74(66)69-71-67(45-19-7-2-8-20-45)70-68(72-69)46-21-9-3-10-22-46/h1-41H;1-43H. The van der Waals surface area contributed by atoms with Crippen LogP contribution in [-0.2, 0) is 0 Å². The van der Waals surface area contributed by atoms with E-state index < -0.39 is 0 Å². The van der Waals surface area contributed by atoms with E-state index in [1.807, 2.05) is 36.4 Å². The maximum Gasteiger partial charge on any atom is 0.238 e. The molecule has 0 atom stereocenters. The fourth-order valence-electron chi connectivity index (χ4n) is 23.6. The van der Waals surface area contributed by atoms with Gasteiger partial charge in [0.15, 0.2) is 23.3 Å². The Morgan fingerprint density at radius 2 is 0.277 bits per heavy atom. The van der Waals surface area contributed by atoms with E-state index in [0.29, 0.717) is 35.2 Å². The van der Waals surface area contributed by atoms with Gasteiger partial charge in [0.2, 0.25) is 11.9 Å². The zero-order valence-electron chi connectivity index (χ0n) is 80.0. The molecule has 25 aromatic carbocycles. The zero-order chi connectivity index (χ0) is 97.1. The van der Waals surface area contributed by atoms with E-state index in [1.54, 1.807) is 0 Å². The molecule has 686 valence electrons. The molecule has 148 heavy (non-hydrogen) atoms.